The molecule has 0 aliphatic heterocycles. The number of rotatable bonds is 4. The van der Waals surface area contributed by atoms with Crippen molar-refractivity contribution in [1.82, 2.24) is 0 Å². The van der Waals surface area contributed by atoms with Crippen molar-refractivity contribution in [3.8, 4) is 0 Å². The van der Waals surface area contributed by atoms with Crippen LogP contribution in [0.25, 0.3) is 0 Å². The molecule has 0 spiro atoms. The summed E-state index contributed by atoms with van der Waals surface area (Å²) in [5, 5.41) is 10.6. The number of halogens is 1. The van der Waals surface area contributed by atoms with Crippen molar-refractivity contribution in [3.05, 3.63) is 34.3 Å². The monoisotopic (exact) mass is 224 g/mol. The smallest absolute Gasteiger partial charge is 0.0571 e. The number of aliphatic hydroxyl groups is 1. The van der Waals surface area contributed by atoms with E-state index in [2.05, 4.69) is 12.1 Å². The highest BCUT2D eigenvalue weighted by Gasteiger charge is 2.29. The van der Waals surface area contributed by atoms with Crippen molar-refractivity contribution in [2.45, 2.75) is 38.7 Å². The molecule has 2 rings (SSSR count). The van der Waals surface area contributed by atoms with Crippen LogP contribution >= 0.6 is 11.6 Å². The molecule has 1 aromatic carbocycles. The van der Waals surface area contributed by atoms with E-state index >= 15 is 0 Å². The van der Waals surface area contributed by atoms with Crippen LogP contribution in [0.5, 0.6) is 0 Å². The minimum atomic E-state index is -0.0963. The molecular formula is C13H17ClO. The topological polar surface area (TPSA) is 20.2 Å². The lowest BCUT2D eigenvalue weighted by atomic mass is 10.0. The summed E-state index contributed by atoms with van der Waals surface area (Å²) in [4.78, 5) is 0. The Kier molecular flexibility index (Phi) is 3.32. The largest absolute Gasteiger partial charge is 0.393 e. The predicted molar refractivity (Wildman–Crippen MR) is 63.2 cm³/mol. The number of hydrogen-bond donors (Lipinski definition) is 1. The first-order valence-corrected chi connectivity index (χ1v) is 5.97. The summed E-state index contributed by atoms with van der Waals surface area (Å²) in [5.74, 6) is 0.582. The molecule has 0 radical (unpaired) electrons. The zero-order valence-corrected chi connectivity index (χ0v) is 9.80. The number of aryl methyl sites for hydroxylation is 2. The Bertz CT molecular complexity index is 344. The van der Waals surface area contributed by atoms with E-state index in [0.29, 0.717) is 5.92 Å². The number of benzene rings is 1. The Morgan fingerprint density at radius 2 is 2.20 bits per heavy atom. The molecule has 0 bridgehead atoms. The third kappa shape index (κ3) is 2.96. The van der Waals surface area contributed by atoms with E-state index in [1.165, 1.54) is 18.4 Å². The standard InChI is InChI=1S/C13H17ClO/c1-9-8-10(2-6-12(9)14)3-7-13(15)11-4-5-11/h2,6,8,11,13,15H,3-5,7H2,1H3. The van der Waals surface area contributed by atoms with Crippen LogP contribution in [0.3, 0.4) is 0 Å². The van der Waals surface area contributed by atoms with Gasteiger partial charge in [0.25, 0.3) is 0 Å². The van der Waals surface area contributed by atoms with Crippen LogP contribution in [-0.4, -0.2) is 11.2 Å². The Morgan fingerprint density at radius 1 is 1.47 bits per heavy atom. The molecule has 1 N–H and O–H groups in total. The summed E-state index contributed by atoms with van der Waals surface area (Å²) in [6.45, 7) is 2.02. The molecule has 1 aromatic rings. The van der Waals surface area contributed by atoms with Gasteiger partial charge in [-0.2, -0.15) is 0 Å². The SMILES string of the molecule is Cc1cc(CCC(O)C2CC2)ccc1Cl. The Labute approximate surface area is 96.1 Å². The molecular weight excluding hydrogens is 208 g/mol. The van der Waals surface area contributed by atoms with E-state index in [9.17, 15) is 5.11 Å². The summed E-state index contributed by atoms with van der Waals surface area (Å²) in [7, 11) is 0. The highest BCUT2D eigenvalue weighted by atomic mass is 35.5. The Hall–Kier alpha value is -0.530. The second kappa shape index (κ2) is 4.54. The fraction of sp³-hybridized carbons (Fsp3) is 0.538. The van der Waals surface area contributed by atoms with Gasteiger partial charge in [-0.1, -0.05) is 23.7 Å². The highest BCUT2D eigenvalue weighted by Crippen LogP contribution is 2.34. The molecule has 1 fully saturated rings. The van der Waals surface area contributed by atoms with Gasteiger partial charge < -0.3 is 5.11 Å². The van der Waals surface area contributed by atoms with E-state index < -0.39 is 0 Å². The van der Waals surface area contributed by atoms with Crippen LogP contribution < -0.4 is 0 Å². The van der Waals surface area contributed by atoms with Crippen LogP contribution in [0.2, 0.25) is 5.02 Å². The molecule has 1 saturated carbocycles. The van der Waals surface area contributed by atoms with Crippen molar-refractivity contribution >= 4 is 11.6 Å². The quantitative estimate of drug-likeness (QED) is 0.832. The predicted octanol–water partition coefficient (Wildman–Crippen LogP) is 3.35. The summed E-state index contributed by atoms with van der Waals surface area (Å²) in [6, 6.07) is 6.10. The lowest BCUT2D eigenvalue weighted by molar-refractivity contribution is 0.142. The van der Waals surface area contributed by atoms with Gasteiger partial charge >= 0.3 is 0 Å². The van der Waals surface area contributed by atoms with Crippen molar-refractivity contribution < 1.29 is 5.11 Å². The first kappa shape index (κ1) is 11.0. The van der Waals surface area contributed by atoms with Gasteiger partial charge in [-0.3, -0.25) is 0 Å². The zero-order chi connectivity index (χ0) is 10.8. The van der Waals surface area contributed by atoms with Gasteiger partial charge in [-0.25, -0.2) is 0 Å². The molecule has 0 heterocycles. The second-order valence-corrected chi connectivity index (χ2v) is 4.93. The van der Waals surface area contributed by atoms with Gasteiger partial charge in [-0.05, 0) is 55.7 Å². The molecule has 1 aliphatic carbocycles. The van der Waals surface area contributed by atoms with Gasteiger partial charge in [0.2, 0.25) is 0 Å². The lowest BCUT2D eigenvalue weighted by Crippen LogP contribution is -2.10. The molecule has 1 unspecified atom stereocenters. The first-order valence-electron chi connectivity index (χ1n) is 5.60. The Balaban J connectivity index is 1.89. The third-order valence-corrected chi connectivity index (χ3v) is 3.54. The molecule has 0 amide bonds. The second-order valence-electron chi connectivity index (χ2n) is 4.53. The maximum absolute atomic E-state index is 9.75. The number of aliphatic hydroxyl groups excluding tert-OH is 1. The summed E-state index contributed by atoms with van der Waals surface area (Å²) < 4.78 is 0. The maximum Gasteiger partial charge on any atom is 0.0571 e. The minimum absolute atomic E-state index is 0.0963. The highest BCUT2D eigenvalue weighted by molar-refractivity contribution is 6.31. The fourth-order valence-electron chi connectivity index (χ4n) is 1.89. The van der Waals surface area contributed by atoms with Crippen molar-refractivity contribution in [1.29, 1.82) is 0 Å². The average molecular weight is 225 g/mol. The van der Waals surface area contributed by atoms with Crippen LogP contribution in [-0.2, 0) is 6.42 Å². The van der Waals surface area contributed by atoms with Gasteiger partial charge in [0, 0.05) is 5.02 Å². The van der Waals surface area contributed by atoms with Crippen LogP contribution in [0.4, 0.5) is 0 Å². The van der Waals surface area contributed by atoms with Crippen molar-refractivity contribution in [3.63, 3.8) is 0 Å². The molecule has 1 atom stereocenters. The minimum Gasteiger partial charge on any atom is -0.393 e. The fourth-order valence-corrected chi connectivity index (χ4v) is 2.01. The number of hydrogen-bond acceptors (Lipinski definition) is 1. The van der Waals surface area contributed by atoms with Crippen LogP contribution in [0.15, 0.2) is 18.2 Å². The molecule has 0 saturated heterocycles. The van der Waals surface area contributed by atoms with Gasteiger partial charge in [-0.15, -0.1) is 0 Å². The zero-order valence-electron chi connectivity index (χ0n) is 9.04. The van der Waals surface area contributed by atoms with Crippen molar-refractivity contribution in [2.24, 2.45) is 5.92 Å². The van der Waals surface area contributed by atoms with E-state index in [-0.39, 0.29) is 6.10 Å². The summed E-state index contributed by atoms with van der Waals surface area (Å²) >= 11 is 5.95. The maximum atomic E-state index is 9.75. The molecule has 0 aromatic heterocycles. The first-order chi connectivity index (χ1) is 7.16. The van der Waals surface area contributed by atoms with Crippen molar-refractivity contribution in [2.75, 3.05) is 0 Å². The lowest BCUT2D eigenvalue weighted by Gasteiger charge is -2.09. The molecule has 1 aliphatic rings. The summed E-state index contributed by atoms with van der Waals surface area (Å²) in [5.41, 5.74) is 2.40. The van der Waals surface area contributed by atoms with E-state index in [1.54, 1.807) is 0 Å². The molecule has 15 heavy (non-hydrogen) atoms. The van der Waals surface area contributed by atoms with Gasteiger partial charge in [0.1, 0.15) is 0 Å². The average Bonchev–Trinajstić information content (AvgIpc) is 3.03. The molecule has 1 nitrogen and oxygen atoms in total. The van der Waals surface area contributed by atoms with E-state index in [1.807, 2.05) is 13.0 Å². The summed E-state index contributed by atoms with van der Waals surface area (Å²) in [6.07, 6.45) is 4.16. The van der Waals surface area contributed by atoms with E-state index in [0.717, 1.165) is 23.4 Å². The van der Waals surface area contributed by atoms with E-state index in [4.69, 9.17) is 11.6 Å². The molecule has 2 heteroatoms. The third-order valence-electron chi connectivity index (χ3n) is 3.12. The molecule has 82 valence electrons. The Morgan fingerprint density at radius 3 is 2.80 bits per heavy atom. The van der Waals surface area contributed by atoms with Gasteiger partial charge in [0.05, 0.1) is 6.10 Å². The van der Waals surface area contributed by atoms with Crippen LogP contribution in [0.1, 0.15) is 30.4 Å². The normalized spacial score (nSPS) is 17.8. The van der Waals surface area contributed by atoms with Crippen LogP contribution in [0, 0.1) is 12.8 Å². The van der Waals surface area contributed by atoms with Gasteiger partial charge in [0.15, 0.2) is 0 Å².